The van der Waals surface area contributed by atoms with Gasteiger partial charge in [-0.2, -0.15) is 0 Å². The maximum atomic E-state index is 13.7. The number of aromatic amines is 1. The average molecular weight is 410 g/mol. The van der Waals surface area contributed by atoms with Crippen molar-refractivity contribution < 1.29 is 14.3 Å². The summed E-state index contributed by atoms with van der Waals surface area (Å²) in [5.74, 6) is -0.868. The Morgan fingerprint density at radius 3 is 2.66 bits per heavy atom. The van der Waals surface area contributed by atoms with E-state index >= 15 is 0 Å². The zero-order valence-corrected chi connectivity index (χ0v) is 16.8. The molecule has 0 bridgehead atoms. The fourth-order valence-electron chi connectivity index (χ4n) is 3.72. The predicted molar refractivity (Wildman–Crippen MR) is 111 cm³/mol. The summed E-state index contributed by atoms with van der Waals surface area (Å²) in [6, 6.07) is 12.4. The molecule has 2 aromatic carbocycles. The van der Waals surface area contributed by atoms with Crippen LogP contribution in [0, 0.1) is 6.92 Å². The number of nitrogens with one attached hydrogen (secondary N) is 2. The van der Waals surface area contributed by atoms with E-state index in [2.05, 4.69) is 15.3 Å². The van der Waals surface area contributed by atoms with E-state index in [-0.39, 0.29) is 29.6 Å². The van der Waals surface area contributed by atoms with Crippen LogP contribution in [0.2, 0.25) is 5.02 Å². The molecule has 29 heavy (non-hydrogen) atoms. The van der Waals surface area contributed by atoms with Gasteiger partial charge in [-0.05, 0) is 31.5 Å². The number of benzene rings is 2. The Kier molecular flexibility index (Phi) is 5.11. The minimum Gasteiger partial charge on any atom is -0.462 e. The smallest absolute Gasteiger partial charge is 0.338 e. The van der Waals surface area contributed by atoms with Gasteiger partial charge in [0.15, 0.2) is 5.78 Å². The van der Waals surface area contributed by atoms with Crippen molar-refractivity contribution in [1.29, 1.82) is 0 Å². The molecule has 4 rings (SSSR count). The molecule has 0 fully saturated rings. The van der Waals surface area contributed by atoms with E-state index in [9.17, 15) is 9.59 Å². The molecule has 148 valence electrons. The van der Waals surface area contributed by atoms with Crippen LogP contribution in [0.1, 0.15) is 56.7 Å². The van der Waals surface area contributed by atoms with Gasteiger partial charge in [-0.25, -0.2) is 9.78 Å². The highest BCUT2D eigenvalue weighted by atomic mass is 35.5. The third-order valence-electron chi connectivity index (χ3n) is 4.95. The van der Waals surface area contributed by atoms with Crippen molar-refractivity contribution in [2.45, 2.75) is 25.8 Å². The average Bonchev–Trinajstić information content (AvgIpc) is 3.13. The van der Waals surface area contributed by atoms with E-state index in [4.69, 9.17) is 16.3 Å². The number of nitrogens with zero attached hydrogens (tertiary/aromatic N) is 1. The molecule has 0 aliphatic carbocycles. The number of rotatable bonds is 4. The lowest BCUT2D eigenvalue weighted by atomic mass is 9.80. The normalized spacial score (nSPS) is 18.1. The van der Waals surface area contributed by atoms with Gasteiger partial charge >= 0.3 is 5.97 Å². The van der Waals surface area contributed by atoms with Crippen LogP contribution in [0.3, 0.4) is 0 Å². The van der Waals surface area contributed by atoms with Gasteiger partial charge < -0.3 is 15.0 Å². The maximum Gasteiger partial charge on any atom is 0.338 e. The number of esters is 1. The van der Waals surface area contributed by atoms with Crippen molar-refractivity contribution in [1.82, 2.24) is 9.97 Å². The molecule has 0 saturated carbocycles. The van der Waals surface area contributed by atoms with E-state index < -0.39 is 11.9 Å². The molecule has 2 heterocycles. The summed E-state index contributed by atoms with van der Waals surface area (Å²) in [5.41, 5.74) is 2.74. The van der Waals surface area contributed by atoms with Crippen molar-refractivity contribution in [3.05, 3.63) is 81.9 Å². The van der Waals surface area contributed by atoms with Gasteiger partial charge in [-0.3, -0.25) is 4.79 Å². The number of halogens is 1. The molecule has 6 nitrogen and oxygen atoms in total. The first kappa shape index (κ1) is 19.2. The Hall–Kier alpha value is -3.12. The standard InChI is InChI=1S/C22H20ClN3O3/c1-3-29-22(28)15-9-14(23)10-16-17(15)20(27)18(21-24-11-12(2)25-21)19(26-16)13-7-5-4-6-8-13/h4-11,18-19,26H,3H2,1-2H3,(H,24,25). The van der Waals surface area contributed by atoms with Crippen molar-refractivity contribution >= 4 is 29.0 Å². The molecule has 0 saturated heterocycles. The molecule has 1 aliphatic heterocycles. The van der Waals surface area contributed by atoms with E-state index in [0.717, 1.165) is 11.3 Å². The number of hydrogen-bond acceptors (Lipinski definition) is 5. The van der Waals surface area contributed by atoms with E-state index in [1.807, 2.05) is 37.3 Å². The highest BCUT2D eigenvalue weighted by Gasteiger charge is 2.41. The number of aromatic nitrogens is 2. The highest BCUT2D eigenvalue weighted by Crippen LogP contribution is 2.43. The number of carbonyl (C=O) groups is 2. The van der Waals surface area contributed by atoms with Crippen molar-refractivity contribution in [2.75, 3.05) is 11.9 Å². The second-order valence-electron chi connectivity index (χ2n) is 6.92. The van der Waals surface area contributed by atoms with Crippen LogP contribution in [0.4, 0.5) is 5.69 Å². The summed E-state index contributed by atoms with van der Waals surface area (Å²) >= 11 is 6.25. The predicted octanol–water partition coefficient (Wildman–Crippen LogP) is 4.68. The summed E-state index contributed by atoms with van der Waals surface area (Å²) in [6.07, 6.45) is 1.69. The minimum absolute atomic E-state index is 0.159. The van der Waals surface area contributed by atoms with Gasteiger partial charge in [0.2, 0.25) is 0 Å². The van der Waals surface area contributed by atoms with Gasteiger partial charge in [0, 0.05) is 22.6 Å². The van der Waals surface area contributed by atoms with Crippen LogP contribution in [-0.4, -0.2) is 28.3 Å². The second-order valence-corrected chi connectivity index (χ2v) is 7.36. The SMILES string of the molecule is CCOC(=O)c1cc(Cl)cc2c1C(=O)C(c1ncc(C)[nH]1)C(c1ccccc1)N2. The molecule has 0 radical (unpaired) electrons. The van der Waals surface area contributed by atoms with Crippen LogP contribution < -0.4 is 5.32 Å². The lowest BCUT2D eigenvalue weighted by molar-refractivity contribution is 0.0522. The topological polar surface area (TPSA) is 84.1 Å². The van der Waals surface area contributed by atoms with Gasteiger partial charge in [0.25, 0.3) is 0 Å². The van der Waals surface area contributed by atoms with E-state index in [1.54, 1.807) is 19.2 Å². The zero-order valence-electron chi connectivity index (χ0n) is 16.0. The molecule has 3 aromatic rings. The van der Waals surface area contributed by atoms with Gasteiger partial charge in [-0.1, -0.05) is 41.9 Å². The van der Waals surface area contributed by atoms with Gasteiger partial charge in [-0.15, -0.1) is 0 Å². The number of fused-ring (bicyclic) bond motifs is 1. The van der Waals surface area contributed by atoms with Crippen LogP contribution in [0.15, 0.2) is 48.7 Å². The van der Waals surface area contributed by atoms with Gasteiger partial charge in [0.05, 0.1) is 23.8 Å². The monoisotopic (exact) mass is 409 g/mol. The first-order chi connectivity index (χ1) is 14.0. The molecule has 7 heteroatoms. The number of H-pyrrole nitrogens is 1. The summed E-state index contributed by atoms with van der Waals surface area (Å²) < 4.78 is 5.15. The van der Waals surface area contributed by atoms with Crippen molar-refractivity contribution in [3.63, 3.8) is 0 Å². The Morgan fingerprint density at radius 1 is 1.24 bits per heavy atom. The first-order valence-corrected chi connectivity index (χ1v) is 9.75. The number of Topliss-reactive ketones (excluding diaryl/α,β-unsaturated/α-hetero) is 1. The van der Waals surface area contributed by atoms with Crippen LogP contribution in [0.25, 0.3) is 0 Å². The third-order valence-corrected chi connectivity index (χ3v) is 5.17. The van der Waals surface area contributed by atoms with E-state index in [1.165, 1.54) is 6.07 Å². The molecule has 1 aliphatic rings. The van der Waals surface area contributed by atoms with Crippen molar-refractivity contribution in [3.8, 4) is 0 Å². The third kappa shape index (κ3) is 3.51. The Balaban J connectivity index is 1.90. The Bertz CT molecular complexity index is 1080. The fourth-order valence-corrected chi connectivity index (χ4v) is 3.94. The lowest BCUT2D eigenvalue weighted by Crippen LogP contribution is -2.34. The number of aryl methyl sites for hydroxylation is 1. The number of carbonyl (C=O) groups excluding carboxylic acids is 2. The molecule has 0 amide bonds. The fraction of sp³-hybridized carbons (Fsp3) is 0.227. The Labute approximate surface area is 173 Å². The largest absolute Gasteiger partial charge is 0.462 e. The summed E-state index contributed by atoms with van der Waals surface area (Å²) in [4.78, 5) is 33.8. The van der Waals surface area contributed by atoms with Crippen LogP contribution in [-0.2, 0) is 4.74 Å². The second kappa shape index (κ2) is 7.72. The zero-order chi connectivity index (χ0) is 20.5. The van der Waals surface area contributed by atoms with Crippen LogP contribution >= 0.6 is 11.6 Å². The summed E-state index contributed by atoms with van der Waals surface area (Å²) in [6.45, 7) is 3.80. The summed E-state index contributed by atoms with van der Waals surface area (Å²) in [5, 5.41) is 3.76. The van der Waals surface area contributed by atoms with E-state index in [0.29, 0.717) is 16.5 Å². The first-order valence-electron chi connectivity index (χ1n) is 9.37. The van der Waals surface area contributed by atoms with Gasteiger partial charge in [0.1, 0.15) is 11.7 Å². The number of imidazole rings is 1. The lowest BCUT2D eigenvalue weighted by Gasteiger charge is -2.34. The molecule has 0 spiro atoms. The molecule has 2 unspecified atom stereocenters. The number of anilines is 1. The molecular weight excluding hydrogens is 390 g/mol. The van der Waals surface area contributed by atoms with Crippen LogP contribution in [0.5, 0.6) is 0 Å². The number of ketones is 1. The molecule has 2 N–H and O–H groups in total. The maximum absolute atomic E-state index is 13.7. The Morgan fingerprint density at radius 2 is 2.00 bits per heavy atom. The minimum atomic E-state index is -0.632. The van der Waals surface area contributed by atoms with Crippen molar-refractivity contribution in [2.24, 2.45) is 0 Å². The highest BCUT2D eigenvalue weighted by molar-refractivity contribution is 6.32. The summed E-state index contributed by atoms with van der Waals surface area (Å²) in [7, 11) is 0. The quantitative estimate of drug-likeness (QED) is 0.611. The molecule has 1 aromatic heterocycles. The number of ether oxygens (including phenoxy) is 1. The molecule has 2 atom stereocenters. The number of hydrogen-bond donors (Lipinski definition) is 2. The molecular formula is C22H20ClN3O3.